The van der Waals surface area contributed by atoms with Crippen LogP contribution in [0.15, 0.2) is 24.4 Å². The molecule has 1 N–H and O–H groups in total. The van der Waals surface area contributed by atoms with E-state index in [1.807, 2.05) is 24.4 Å². The van der Waals surface area contributed by atoms with Crippen LogP contribution >= 0.6 is 0 Å². The fourth-order valence-electron chi connectivity index (χ4n) is 3.19. The van der Waals surface area contributed by atoms with E-state index in [0.29, 0.717) is 0 Å². The Bertz CT molecular complexity index is 713. The third-order valence-electron chi connectivity index (χ3n) is 4.69. The second kappa shape index (κ2) is 5.86. The largest absolute Gasteiger partial charge is 0.454 e. The van der Waals surface area contributed by atoms with E-state index in [1.165, 1.54) is 0 Å². The van der Waals surface area contributed by atoms with Crippen LogP contribution < -0.4 is 14.8 Å². The maximum Gasteiger partial charge on any atom is 0.231 e. The number of fused-ring (bicyclic) bond motifs is 2. The molecule has 0 spiro atoms. The summed E-state index contributed by atoms with van der Waals surface area (Å²) in [6.45, 7) is 6.89. The summed E-state index contributed by atoms with van der Waals surface area (Å²) in [5, 5.41) is 4.70. The molecule has 0 saturated carbocycles. The van der Waals surface area contributed by atoms with Crippen LogP contribution in [0.3, 0.4) is 0 Å². The van der Waals surface area contributed by atoms with Crippen molar-refractivity contribution in [3.63, 3.8) is 0 Å². The Morgan fingerprint density at radius 2 is 1.87 bits per heavy atom. The van der Waals surface area contributed by atoms with Crippen LogP contribution in [-0.4, -0.2) is 61.0 Å². The Hall–Kier alpha value is -2.05. The molecular formula is C17H22N4O2. The van der Waals surface area contributed by atoms with E-state index in [2.05, 4.69) is 34.1 Å². The summed E-state index contributed by atoms with van der Waals surface area (Å²) in [6, 6.07) is 5.99. The van der Waals surface area contributed by atoms with Gasteiger partial charge in [-0.15, -0.1) is 0 Å². The first-order chi connectivity index (χ1) is 11.2. The second-order valence-corrected chi connectivity index (χ2v) is 6.24. The topological polar surface area (TPSA) is 49.9 Å². The van der Waals surface area contributed by atoms with E-state index in [-0.39, 0.29) is 13.0 Å². The number of likely N-dealkylation sites (N-methyl/N-ethyl adjacent to an activating group) is 1. The number of hydrogen-bond acceptors (Lipinski definition) is 6. The molecule has 1 unspecified atom stereocenters. The molecule has 1 aromatic carbocycles. The summed E-state index contributed by atoms with van der Waals surface area (Å²) in [5.41, 5.74) is 2.00. The summed E-state index contributed by atoms with van der Waals surface area (Å²) in [5.74, 6) is 1.56. The van der Waals surface area contributed by atoms with E-state index >= 15 is 0 Å². The van der Waals surface area contributed by atoms with Crippen LogP contribution in [0.4, 0.5) is 5.69 Å². The summed E-state index contributed by atoms with van der Waals surface area (Å²) in [6.07, 6.45) is 2.11. The number of nitrogens with one attached hydrogen (secondary N) is 1. The number of piperazine rings is 1. The zero-order chi connectivity index (χ0) is 15.8. The van der Waals surface area contributed by atoms with E-state index < -0.39 is 0 Å². The van der Waals surface area contributed by atoms with Gasteiger partial charge in [0.15, 0.2) is 11.5 Å². The maximum absolute atomic E-state index is 5.50. The first kappa shape index (κ1) is 14.5. The Kier molecular flexibility index (Phi) is 3.71. The van der Waals surface area contributed by atoms with E-state index in [4.69, 9.17) is 9.47 Å². The van der Waals surface area contributed by atoms with Crippen molar-refractivity contribution < 1.29 is 9.47 Å². The van der Waals surface area contributed by atoms with Crippen molar-refractivity contribution >= 4 is 16.6 Å². The van der Waals surface area contributed by atoms with Gasteiger partial charge in [-0.1, -0.05) is 0 Å². The molecule has 1 saturated heterocycles. The minimum Gasteiger partial charge on any atom is -0.454 e. The number of rotatable bonds is 3. The van der Waals surface area contributed by atoms with Gasteiger partial charge >= 0.3 is 0 Å². The molecule has 6 nitrogen and oxygen atoms in total. The normalized spacial score (nSPS) is 19.9. The molecule has 1 atom stereocenters. The quantitative estimate of drug-likeness (QED) is 0.935. The van der Waals surface area contributed by atoms with Gasteiger partial charge < -0.3 is 19.7 Å². The lowest BCUT2D eigenvalue weighted by atomic mass is 10.1. The number of hydrogen-bond donors (Lipinski definition) is 1. The van der Waals surface area contributed by atoms with Crippen molar-refractivity contribution in [3.05, 3.63) is 24.4 Å². The van der Waals surface area contributed by atoms with Gasteiger partial charge in [0.05, 0.1) is 11.7 Å². The Morgan fingerprint density at radius 3 is 2.65 bits per heavy atom. The number of nitrogens with zero attached hydrogens (tertiary/aromatic N) is 3. The minimum absolute atomic E-state index is 0.278. The zero-order valence-corrected chi connectivity index (χ0v) is 13.6. The van der Waals surface area contributed by atoms with Gasteiger partial charge in [0.1, 0.15) is 0 Å². The molecule has 0 aliphatic carbocycles. The van der Waals surface area contributed by atoms with Crippen molar-refractivity contribution in [3.8, 4) is 11.5 Å². The SMILES string of the molecule is CC(Nc1ccnc2cc3c(cc12)OCO3)N1CCN(C)CC1. The molecule has 2 aliphatic rings. The minimum atomic E-state index is 0.278. The first-order valence-corrected chi connectivity index (χ1v) is 8.08. The highest BCUT2D eigenvalue weighted by atomic mass is 16.7. The highest BCUT2D eigenvalue weighted by Gasteiger charge is 2.20. The third kappa shape index (κ3) is 2.80. The van der Waals surface area contributed by atoms with E-state index in [1.54, 1.807) is 0 Å². The molecular weight excluding hydrogens is 292 g/mol. The Labute approximate surface area is 136 Å². The molecule has 2 aliphatic heterocycles. The smallest absolute Gasteiger partial charge is 0.231 e. The molecule has 4 rings (SSSR count). The van der Waals surface area contributed by atoms with Crippen LogP contribution in [0.5, 0.6) is 11.5 Å². The van der Waals surface area contributed by atoms with Crippen molar-refractivity contribution in [2.75, 3.05) is 45.3 Å². The molecule has 1 aromatic heterocycles. The van der Waals surface area contributed by atoms with Gasteiger partial charge in [0, 0.05) is 49.5 Å². The van der Waals surface area contributed by atoms with Crippen molar-refractivity contribution in [1.82, 2.24) is 14.8 Å². The van der Waals surface area contributed by atoms with E-state index in [0.717, 1.165) is 54.3 Å². The van der Waals surface area contributed by atoms with Gasteiger partial charge in [0.25, 0.3) is 0 Å². The highest BCUT2D eigenvalue weighted by Crippen LogP contribution is 2.37. The summed E-state index contributed by atoms with van der Waals surface area (Å²) >= 11 is 0. The lowest BCUT2D eigenvalue weighted by molar-refractivity contribution is 0.129. The van der Waals surface area contributed by atoms with Crippen molar-refractivity contribution in [2.24, 2.45) is 0 Å². The van der Waals surface area contributed by atoms with Crippen LogP contribution in [0, 0.1) is 0 Å². The number of aromatic nitrogens is 1. The second-order valence-electron chi connectivity index (χ2n) is 6.24. The van der Waals surface area contributed by atoms with Crippen LogP contribution in [-0.2, 0) is 0 Å². The monoisotopic (exact) mass is 314 g/mol. The zero-order valence-electron chi connectivity index (χ0n) is 13.6. The summed E-state index contributed by atoms with van der Waals surface area (Å²) in [7, 11) is 2.18. The van der Waals surface area contributed by atoms with Crippen molar-refractivity contribution in [2.45, 2.75) is 13.1 Å². The van der Waals surface area contributed by atoms with Crippen LogP contribution in [0.25, 0.3) is 10.9 Å². The lowest BCUT2D eigenvalue weighted by Gasteiger charge is -2.37. The van der Waals surface area contributed by atoms with Crippen LogP contribution in [0.1, 0.15) is 6.92 Å². The predicted molar refractivity (Wildman–Crippen MR) is 90.0 cm³/mol. The van der Waals surface area contributed by atoms with Gasteiger partial charge in [0.2, 0.25) is 6.79 Å². The van der Waals surface area contributed by atoms with Gasteiger partial charge in [-0.05, 0) is 26.1 Å². The number of benzene rings is 1. The van der Waals surface area contributed by atoms with Crippen molar-refractivity contribution in [1.29, 1.82) is 0 Å². The maximum atomic E-state index is 5.50. The molecule has 6 heteroatoms. The Balaban J connectivity index is 1.59. The fraction of sp³-hybridized carbons (Fsp3) is 0.471. The summed E-state index contributed by atoms with van der Waals surface area (Å²) < 4.78 is 10.9. The molecule has 122 valence electrons. The first-order valence-electron chi connectivity index (χ1n) is 8.08. The average Bonchev–Trinajstić information content (AvgIpc) is 3.01. The highest BCUT2D eigenvalue weighted by molar-refractivity contribution is 5.93. The van der Waals surface area contributed by atoms with Crippen LogP contribution in [0.2, 0.25) is 0 Å². The summed E-state index contributed by atoms with van der Waals surface area (Å²) in [4.78, 5) is 9.29. The van der Waals surface area contributed by atoms with Gasteiger partial charge in [-0.2, -0.15) is 0 Å². The molecule has 3 heterocycles. The molecule has 23 heavy (non-hydrogen) atoms. The van der Waals surface area contributed by atoms with Gasteiger partial charge in [-0.25, -0.2) is 0 Å². The molecule has 1 fully saturated rings. The standard InChI is InChI=1S/C17H22N4O2/c1-12(21-7-5-20(2)6-8-21)19-14-3-4-18-15-10-17-16(9-13(14)15)22-11-23-17/h3-4,9-10,12H,5-8,11H2,1-2H3,(H,18,19). The number of anilines is 1. The molecule has 0 radical (unpaired) electrons. The van der Waals surface area contributed by atoms with E-state index in [9.17, 15) is 0 Å². The molecule has 0 bridgehead atoms. The Morgan fingerprint density at radius 1 is 1.13 bits per heavy atom. The van der Waals surface area contributed by atoms with Gasteiger partial charge in [-0.3, -0.25) is 9.88 Å². The number of ether oxygens (including phenoxy) is 2. The average molecular weight is 314 g/mol. The fourth-order valence-corrected chi connectivity index (χ4v) is 3.19. The predicted octanol–water partition coefficient (Wildman–Crippen LogP) is 1.97. The molecule has 2 aromatic rings. The number of pyridine rings is 1. The lowest BCUT2D eigenvalue weighted by Crippen LogP contribution is -2.50. The molecule has 0 amide bonds. The third-order valence-corrected chi connectivity index (χ3v) is 4.69.